The Morgan fingerprint density at radius 3 is 2.58 bits per heavy atom. The lowest BCUT2D eigenvalue weighted by molar-refractivity contribution is 0.145. The molecule has 1 radical (unpaired) electrons. The highest BCUT2D eigenvalue weighted by atomic mass is 19.3. The van der Waals surface area contributed by atoms with Gasteiger partial charge in [-0.1, -0.05) is 13.8 Å². The molecule has 1 rings (SSSR count). The van der Waals surface area contributed by atoms with Crippen molar-refractivity contribution in [3.8, 4) is 0 Å². The molecule has 1 heterocycles. The molecule has 65 valence electrons. The van der Waals surface area contributed by atoms with Gasteiger partial charge in [-0.25, -0.2) is 18.7 Å². The lowest BCUT2D eigenvalue weighted by atomic mass is 10.2. The van der Waals surface area contributed by atoms with E-state index in [9.17, 15) is 8.78 Å². The maximum Gasteiger partial charge on any atom is 0.280 e. The number of hydrogen-bond donors (Lipinski definition) is 0. The molecule has 0 saturated heterocycles. The van der Waals surface area contributed by atoms with Crippen LogP contribution in [0.15, 0.2) is 6.07 Å². The molecule has 1 aromatic heterocycles. The zero-order valence-corrected chi connectivity index (χ0v) is 6.88. The second-order valence-electron chi connectivity index (χ2n) is 2.74. The van der Waals surface area contributed by atoms with Gasteiger partial charge in [-0.15, -0.1) is 0 Å². The van der Waals surface area contributed by atoms with Crippen LogP contribution in [0.3, 0.4) is 0 Å². The van der Waals surface area contributed by atoms with Crippen molar-refractivity contribution in [1.82, 2.24) is 9.97 Å². The summed E-state index contributed by atoms with van der Waals surface area (Å²) in [6.45, 7) is 3.69. The van der Waals surface area contributed by atoms with Crippen molar-refractivity contribution in [2.75, 3.05) is 0 Å². The Labute approximate surface area is 69.7 Å². The molecule has 0 saturated carbocycles. The summed E-state index contributed by atoms with van der Waals surface area (Å²) in [6, 6.07) is 1.11. The number of halogens is 2. The van der Waals surface area contributed by atoms with Crippen LogP contribution >= 0.6 is 0 Å². The maximum atomic E-state index is 12.1. The fourth-order valence-electron chi connectivity index (χ4n) is 0.724. The molecule has 0 aliphatic rings. The van der Waals surface area contributed by atoms with E-state index in [2.05, 4.69) is 16.2 Å². The highest BCUT2D eigenvalue weighted by Crippen LogP contribution is 2.17. The average Bonchev–Trinajstić information content (AvgIpc) is 2.04. The highest BCUT2D eigenvalue weighted by molar-refractivity contribution is 5.04. The first-order valence-corrected chi connectivity index (χ1v) is 3.64. The van der Waals surface area contributed by atoms with Crippen LogP contribution < -0.4 is 0 Å². The average molecular weight is 171 g/mol. The minimum Gasteiger partial charge on any atom is -0.232 e. The second kappa shape index (κ2) is 3.56. The molecule has 0 spiro atoms. The van der Waals surface area contributed by atoms with E-state index in [1.165, 1.54) is 0 Å². The Balaban J connectivity index is 2.96. The van der Waals surface area contributed by atoms with Gasteiger partial charge in [-0.2, -0.15) is 0 Å². The molecule has 1 aromatic rings. The van der Waals surface area contributed by atoms with E-state index < -0.39 is 6.43 Å². The van der Waals surface area contributed by atoms with Crippen LogP contribution in [0.2, 0.25) is 0 Å². The summed E-state index contributed by atoms with van der Waals surface area (Å²) in [5.74, 6) is 0.466. The van der Waals surface area contributed by atoms with Gasteiger partial charge in [0.05, 0.1) is 6.20 Å². The van der Waals surface area contributed by atoms with E-state index in [0.29, 0.717) is 5.82 Å². The first-order valence-electron chi connectivity index (χ1n) is 3.64. The third-order valence-corrected chi connectivity index (χ3v) is 1.38. The predicted molar refractivity (Wildman–Crippen MR) is 39.9 cm³/mol. The first kappa shape index (κ1) is 9.03. The Morgan fingerprint density at radius 2 is 2.08 bits per heavy atom. The summed E-state index contributed by atoms with van der Waals surface area (Å²) in [5, 5.41) is 0. The van der Waals surface area contributed by atoms with Gasteiger partial charge in [-0.05, 0) is 6.07 Å². The number of nitrogens with zero attached hydrogens (tertiary/aromatic N) is 2. The SMILES string of the molecule is CC(C)c1n[c]cc(C(F)F)n1. The van der Waals surface area contributed by atoms with Crippen LogP contribution in [0.5, 0.6) is 0 Å². The molecular weight excluding hydrogens is 162 g/mol. The molecule has 0 bridgehead atoms. The van der Waals surface area contributed by atoms with E-state index >= 15 is 0 Å². The van der Waals surface area contributed by atoms with E-state index in [-0.39, 0.29) is 11.6 Å². The topological polar surface area (TPSA) is 25.8 Å². The Morgan fingerprint density at radius 1 is 1.42 bits per heavy atom. The van der Waals surface area contributed by atoms with Crippen LogP contribution in [0.25, 0.3) is 0 Å². The van der Waals surface area contributed by atoms with E-state index in [0.717, 1.165) is 6.07 Å². The summed E-state index contributed by atoms with van der Waals surface area (Å²) in [5.41, 5.74) is -0.256. The fraction of sp³-hybridized carbons (Fsp3) is 0.500. The van der Waals surface area contributed by atoms with Gasteiger partial charge in [0.15, 0.2) is 0 Å². The molecule has 4 heteroatoms. The van der Waals surface area contributed by atoms with E-state index in [1.807, 2.05) is 13.8 Å². The summed E-state index contributed by atoms with van der Waals surface area (Å²) in [6.07, 6.45) is -0.140. The maximum absolute atomic E-state index is 12.1. The third-order valence-electron chi connectivity index (χ3n) is 1.38. The van der Waals surface area contributed by atoms with Crippen LogP contribution in [0.1, 0.15) is 37.7 Å². The molecular formula is C8H9F2N2. The lowest BCUT2D eigenvalue weighted by Crippen LogP contribution is -2.00. The van der Waals surface area contributed by atoms with Gasteiger partial charge in [0.1, 0.15) is 11.5 Å². The van der Waals surface area contributed by atoms with Gasteiger partial charge < -0.3 is 0 Å². The number of aromatic nitrogens is 2. The highest BCUT2D eigenvalue weighted by Gasteiger charge is 2.11. The zero-order valence-electron chi connectivity index (χ0n) is 6.88. The fourth-order valence-corrected chi connectivity index (χ4v) is 0.724. The lowest BCUT2D eigenvalue weighted by Gasteiger charge is -2.03. The molecule has 0 amide bonds. The van der Waals surface area contributed by atoms with Gasteiger partial charge in [-0.3, -0.25) is 0 Å². The normalized spacial score (nSPS) is 11.2. The third kappa shape index (κ3) is 1.96. The summed E-state index contributed by atoms with van der Waals surface area (Å²) in [7, 11) is 0. The Kier molecular flexibility index (Phi) is 2.68. The van der Waals surface area contributed by atoms with Crippen molar-refractivity contribution in [2.24, 2.45) is 0 Å². The minimum absolute atomic E-state index is 0.0555. The summed E-state index contributed by atoms with van der Waals surface area (Å²) < 4.78 is 24.2. The van der Waals surface area contributed by atoms with Gasteiger partial charge >= 0.3 is 0 Å². The molecule has 12 heavy (non-hydrogen) atoms. The predicted octanol–water partition coefficient (Wildman–Crippen LogP) is 2.34. The molecule has 0 atom stereocenters. The quantitative estimate of drug-likeness (QED) is 0.682. The summed E-state index contributed by atoms with van der Waals surface area (Å²) >= 11 is 0. The minimum atomic E-state index is -2.54. The second-order valence-corrected chi connectivity index (χ2v) is 2.74. The van der Waals surface area contributed by atoms with Crippen molar-refractivity contribution in [3.05, 3.63) is 23.8 Å². The molecule has 0 aliphatic carbocycles. The van der Waals surface area contributed by atoms with Crippen molar-refractivity contribution < 1.29 is 8.78 Å². The Hall–Kier alpha value is -1.06. The molecule has 0 fully saturated rings. The molecule has 0 aromatic carbocycles. The van der Waals surface area contributed by atoms with Crippen LogP contribution in [-0.2, 0) is 0 Å². The van der Waals surface area contributed by atoms with Crippen LogP contribution in [0, 0.1) is 6.20 Å². The zero-order chi connectivity index (χ0) is 9.14. The van der Waals surface area contributed by atoms with Crippen molar-refractivity contribution >= 4 is 0 Å². The molecule has 0 N–H and O–H groups in total. The first-order chi connectivity index (χ1) is 5.61. The molecule has 0 aliphatic heterocycles. The monoisotopic (exact) mass is 171 g/mol. The molecule has 0 unspecified atom stereocenters. The van der Waals surface area contributed by atoms with E-state index in [4.69, 9.17) is 0 Å². The standard InChI is InChI=1S/C8H9F2N2/c1-5(2)8-11-4-3-6(12-8)7(9)10/h3,5,7H,1-2H3. The molecule has 2 nitrogen and oxygen atoms in total. The number of rotatable bonds is 2. The van der Waals surface area contributed by atoms with Crippen LogP contribution in [0.4, 0.5) is 8.78 Å². The largest absolute Gasteiger partial charge is 0.280 e. The van der Waals surface area contributed by atoms with E-state index in [1.54, 1.807) is 0 Å². The van der Waals surface area contributed by atoms with Crippen molar-refractivity contribution in [3.63, 3.8) is 0 Å². The Bertz CT molecular complexity index is 238. The van der Waals surface area contributed by atoms with Gasteiger partial charge in [0, 0.05) is 5.92 Å². The van der Waals surface area contributed by atoms with Gasteiger partial charge in [0.25, 0.3) is 6.43 Å². The summed E-state index contributed by atoms with van der Waals surface area (Å²) in [4.78, 5) is 7.43. The van der Waals surface area contributed by atoms with Crippen molar-refractivity contribution in [1.29, 1.82) is 0 Å². The number of hydrogen-bond acceptors (Lipinski definition) is 2. The number of alkyl halides is 2. The van der Waals surface area contributed by atoms with Gasteiger partial charge in [0.2, 0.25) is 0 Å². The smallest absolute Gasteiger partial charge is 0.232 e. The van der Waals surface area contributed by atoms with Crippen LogP contribution in [-0.4, -0.2) is 9.97 Å². The van der Waals surface area contributed by atoms with Crippen molar-refractivity contribution in [2.45, 2.75) is 26.2 Å².